The van der Waals surface area contributed by atoms with Gasteiger partial charge < -0.3 is 11.1 Å². The molecule has 1 aliphatic rings. The Bertz CT molecular complexity index is 203. The van der Waals surface area contributed by atoms with Crippen LogP contribution in [0.4, 0.5) is 0 Å². The summed E-state index contributed by atoms with van der Waals surface area (Å²) in [7, 11) is 0. The van der Waals surface area contributed by atoms with Gasteiger partial charge in [-0.15, -0.1) is 0 Å². The lowest BCUT2D eigenvalue weighted by molar-refractivity contribution is 0.332. The molecule has 2 heteroatoms. The molecule has 1 fully saturated rings. The van der Waals surface area contributed by atoms with Gasteiger partial charge in [0.2, 0.25) is 0 Å². The van der Waals surface area contributed by atoms with Crippen LogP contribution in [0.5, 0.6) is 0 Å². The van der Waals surface area contributed by atoms with Crippen LogP contribution < -0.4 is 11.1 Å². The summed E-state index contributed by atoms with van der Waals surface area (Å²) in [4.78, 5) is 0. The van der Waals surface area contributed by atoms with E-state index in [1.54, 1.807) is 0 Å². The molecule has 0 saturated heterocycles. The first-order valence-corrected chi connectivity index (χ1v) is 8.05. The Kier molecular flexibility index (Phi) is 7.25. The lowest BCUT2D eigenvalue weighted by Crippen LogP contribution is -2.28. The molecule has 0 radical (unpaired) electrons. The third-order valence-corrected chi connectivity index (χ3v) is 4.83. The summed E-state index contributed by atoms with van der Waals surface area (Å²) in [6.07, 6.45) is 9.41. The predicted octanol–water partition coefficient (Wildman–Crippen LogP) is 3.56. The van der Waals surface area contributed by atoms with Gasteiger partial charge in [0.25, 0.3) is 0 Å². The fraction of sp³-hybridized carbons (Fsp3) is 1.00. The minimum Gasteiger partial charge on any atom is -0.330 e. The van der Waals surface area contributed by atoms with Gasteiger partial charge in [-0.1, -0.05) is 33.6 Å². The highest BCUT2D eigenvalue weighted by Gasteiger charge is 2.44. The van der Waals surface area contributed by atoms with Crippen molar-refractivity contribution >= 4 is 0 Å². The van der Waals surface area contributed by atoms with Crippen molar-refractivity contribution in [2.24, 2.45) is 23.0 Å². The van der Waals surface area contributed by atoms with Crippen LogP contribution in [0, 0.1) is 17.3 Å². The highest BCUT2D eigenvalue weighted by atomic mass is 14.9. The molecule has 0 aromatic carbocycles. The van der Waals surface area contributed by atoms with E-state index >= 15 is 0 Å². The molecule has 0 bridgehead atoms. The fourth-order valence-corrected chi connectivity index (χ4v) is 3.05. The predicted molar refractivity (Wildman–Crippen MR) is 80.7 cm³/mol. The molecule has 0 aromatic heterocycles. The van der Waals surface area contributed by atoms with Crippen LogP contribution in [0.25, 0.3) is 0 Å². The van der Waals surface area contributed by atoms with Crippen molar-refractivity contribution in [3.8, 4) is 0 Å². The van der Waals surface area contributed by atoms with Crippen molar-refractivity contribution < 1.29 is 0 Å². The maximum absolute atomic E-state index is 5.67. The standard InChI is InChI=1S/C16H34N2/c1-4-6-15(8-11-17)7-5-12-18-13-16(9-10-16)14(2)3/h14-15,18H,4-13,17H2,1-3H3. The molecule has 108 valence electrons. The Morgan fingerprint density at radius 3 is 2.39 bits per heavy atom. The number of hydrogen-bond acceptors (Lipinski definition) is 2. The molecule has 0 heterocycles. The molecular formula is C16H34N2. The van der Waals surface area contributed by atoms with E-state index in [2.05, 4.69) is 26.1 Å². The zero-order valence-electron chi connectivity index (χ0n) is 12.8. The monoisotopic (exact) mass is 254 g/mol. The van der Waals surface area contributed by atoms with Crippen molar-refractivity contribution in [3.63, 3.8) is 0 Å². The number of nitrogens with two attached hydrogens (primary N) is 1. The van der Waals surface area contributed by atoms with Gasteiger partial charge in [-0.3, -0.25) is 0 Å². The smallest absolute Gasteiger partial charge is 0.00103 e. The van der Waals surface area contributed by atoms with Crippen molar-refractivity contribution in [1.29, 1.82) is 0 Å². The molecule has 0 spiro atoms. The summed E-state index contributed by atoms with van der Waals surface area (Å²) in [5.74, 6) is 1.71. The van der Waals surface area contributed by atoms with E-state index in [-0.39, 0.29) is 0 Å². The summed E-state index contributed by atoms with van der Waals surface area (Å²) in [5.41, 5.74) is 6.33. The molecule has 0 amide bonds. The highest BCUT2D eigenvalue weighted by Crippen LogP contribution is 2.51. The lowest BCUT2D eigenvalue weighted by Gasteiger charge is -2.20. The highest BCUT2D eigenvalue weighted by molar-refractivity contribution is 4.96. The summed E-state index contributed by atoms with van der Waals surface area (Å²) in [6, 6.07) is 0. The number of rotatable bonds is 11. The molecule has 3 N–H and O–H groups in total. The minimum atomic E-state index is 0.653. The SMILES string of the molecule is CCCC(CCN)CCCNCC1(C(C)C)CC1. The minimum absolute atomic E-state index is 0.653. The first-order valence-electron chi connectivity index (χ1n) is 8.05. The van der Waals surface area contributed by atoms with Crippen LogP contribution in [0.3, 0.4) is 0 Å². The average molecular weight is 254 g/mol. The molecular weight excluding hydrogens is 220 g/mol. The second-order valence-electron chi connectivity index (χ2n) is 6.57. The third-order valence-electron chi connectivity index (χ3n) is 4.83. The van der Waals surface area contributed by atoms with Crippen LogP contribution in [-0.4, -0.2) is 19.6 Å². The van der Waals surface area contributed by atoms with E-state index in [0.717, 1.165) is 18.4 Å². The number of nitrogens with one attached hydrogen (secondary N) is 1. The maximum Gasteiger partial charge on any atom is 0.00103 e. The van der Waals surface area contributed by atoms with Crippen molar-refractivity contribution in [2.45, 2.75) is 65.7 Å². The number of hydrogen-bond donors (Lipinski definition) is 2. The van der Waals surface area contributed by atoms with Crippen LogP contribution in [0.1, 0.15) is 65.7 Å². The van der Waals surface area contributed by atoms with E-state index in [1.165, 1.54) is 58.0 Å². The van der Waals surface area contributed by atoms with Crippen molar-refractivity contribution in [3.05, 3.63) is 0 Å². The van der Waals surface area contributed by atoms with E-state index in [0.29, 0.717) is 5.41 Å². The molecule has 1 aliphatic carbocycles. The molecule has 2 nitrogen and oxygen atoms in total. The first-order chi connectivity index (χ1) is 8.64. The van der Waals surface area contributed by atoms with Crippen LogP contribution >= 0.6 is 0 Å². The summed E-state index contributed by atoms with van der Waals surface area (Å²) in [6.45, 7) is 10.3. The quantitative estimate of drug-likeness (QED) is 0.553. The summed E-state index contributed by atoms with van der Waals surface area (Å²) >= 11 is 0. The Balaban J connectivity index is 2.03. The largest absolute Gasteiger partial charge is 0.330 e. The Hall–Kier alpha value is -0.0800. The molecule has 18 heavy (non-hydrogen) atoms. The van der Waals surface area contributed by atoms with Crippen LogP contribution in [0.15, 0.2) is 0 Å². The van der Waals surface area contributed by atoms with E-state index < -0.39 is 0 Å². The van der Waals surface area contributed by atoms with Crippen LogP contribution in [0.2, 0.25) is 0 Å². The Morgan fingerprint density at radius 2 is 1.89 bits per heavy atom. The topological polar surface area (TPSA) is 38.0 Å². The van der Waals surface area contributed by atoms with E-state index in [4.69, 9.17) is 5.73 Å². The second kappa shape index (κ2) is 8.16. The van der Waals surface area contributed by atoms with Crippen molar-refractivity contribution in [2.75, 3.05) is 19.6 Å². The van der Waals surface area contributed by atoms with Gasteiger partial charge >= 0.3 is 0 Å². The molecule has 0 aliphatic heterocycles. The molecule has 1 atom stereocenters. The zero-order valence-corrected chi connectivity index (χ0v) is 12.8. The molecule has 1 rings (SSSR count). The van der Waals surface area contributed by atoms with Crippen molar-refractivity contribution in [1.82, 2.24) is 5.32 Å². The van der Waals surface area contributed by atoms with Gasteiger partial charge in [-0.05, 0) is 62.4 Å². The Labute approximate surface area is 114 Å². The van der Waals surface area contributed by atoms with Gasteiger partial charge in [0, 0.05) is 6.54 Å². The summed E-state index contributed by atoms with van der Waals surface area (Å²) < 4.78 is 0. The Morgan fingerprint density at radius 1 is 1.17 bits per heavy atom. The van der Waals surface area contributed by atoms with Gasteiger partial charge in [-0.25, -0.2) is 0 Å². The average Bonchev–Trinajstić information content (AvgIpc) is 3.10. The van der Waals surface area contributed by atoms with Gasteiger partial charge in [-0.2, -0.15) is 0 Å². The normalized spacial score (nSPS) is 19.2. The zero-order chi connectivity index (χ0) is 13.4. The van der Waals surface area contributed by atoms with Gasteiger partial charge in [0.05, 0.1) is 0 Å². The molecule has 1 unspecified atom stereocenters. The third kappa shape index (κ3) is 5.27. The van der Waals surface area contributed by atoms with E-state index in [9.17, 15) is 0 Å². The van der Waals surface area contributed by atoms with Gasteiger partial charge in [0.15, 0.2) is 0 Å². The first kappa shape index (κ1) is 16.0. The maximum atomic E-state index is 5.67. The second-order valence-corrected chi connectivity index (χ2v) is 6.57. The molecule has 0 aromatic rings. The summed E-state index contributed by atoms with van der Waals surface area (Å²) in [5, 5.41) is 3.68. The van der Waals surface area contributed by atoms with Crippen LogP contribution in [-0.2, 0) is 0 Å². The van der Waals surface area contributed by atoms with Gasteiger partial charge in [0.1, 0.15) is 0 Å². The molecule has 1 saturated carbocycles. The van der Waals surface area contributed by atoms with E-state index in [1.807, 2.05) is 0 Å². The fourth-order valence-electron chi connectivity index (χ4n) is 3.05. The lowest BCUT2D eigenvalue weighted by atomic mass is 9.92.